The first kappa shape index (κ1) is 17.0. The summed E-state index contributed by atoms with van der Waals surface area (Å²) in [6.45, 7) is 1.47. The third-order valence-electron chi connectivity index (χ3n) is 4.98. The Balaban J connectivity index is 1.60. The Kier molecular flexibility index (Phi) is 5.56. The largest absolute Gasteiger partial charge is 0.488 e. The highest BCUT2D eigenvalue weighted by molar-refractivity contribution is 5.89. The molecule has 0 spiro atoms. The van der Waals surface area contributed by atoms with Gasteiger partial charge in [0.2, 0.25) is 0 Å². The molecule has 0 bridgehead atoms. The summed E-state index contributed by atoms with van der Waals surface area (Å²) in [5.41, 5.74) is 0.455. The molecule has 24 heavy (non-hydrogen) atoms. The molecule has 2 aliphatic rings. The van der Waals surface area contributed by atoms with Crippen LogP contribution in [0.3, 0.4) is 0 Å². The number of nitrogens with zero attached hydrogens (tertiary/aromatic N) is 1. The van der Waals surface area contributed by atoms with Crippen LogP contribution in [0, 0.1) is 11.7 Å². The van der Waals surface area contributed by atoms with Crippen molar-refractivity contribution in [3.05, 3.63) is 24.0 Å². The minimum absolute atomic E-state index is 0.126. The molecule has 1 aliphatic carbocycles. The Morgan fingerprint density at radius 2 is 2.12 bits per heavy atom. The molecule has 6 heteroatoms. The average Bonchev–Trinajstić information content (AvgIpc) is 3.05. The smallest absolute Gasteiger partial charge is 0.322 e. The number of carbonyl (C=O) groups is 1. The quantitative estimate of drug-likeness (QED) is 0.835. The van der Waals surface area contributed by atoms with Gasteiger partial charge in [0.1, 0.15) is 6.61 Å². The number of nitrogens with one attached hydrogen (secondary N) is 1. The normalized spacial score (nSPS) is 23.0. The summed E-state index contributed by atoms with van der Waals surface area (Å²) in [6.07, 6.45) is 5.77. The van der Waals surface area contributed by atoms with Crippen LogP contribution >= 0.6 is 0 Å². The van der Waals surface area contributed by atoms with Crippen molar-refractivity contribution in [1.29, 1.82) is 0 Å². The Labute approximate surface area is 142 Å². The van der Waals surface area contributed by atoms with E-state index in [1.165, 1.54) is 31.4 Å². The van der Waals surface area contributed by atoms with Crippen molar-refractivity contribution in [2.75, 3.05) is 32.2 Å². The number of ether oxygens (including phenoxy) is 2. The molecule has 2 fully saturated rings. The number of hydrogen-bond acceptors (Lipinski definition) is 3. The minimum atomic E-state index is -0.485. The van der Waals surface area contributed by atoms with E-state index < -0.39 is 5.82 Å². The summed E-state index contributed by atoms with van der Waals surface area (Å²) in [5, 5.41) is 2.83. The molecule has 1 N–H and O–H groups in total. The van der Waals surface area contributed by atoms with Gasteiger partial charge in [-0.25, -0.2) is 9.18 Å². The van der Waals surface area contributed by atoms with Crippen LogP contribution in [0.2, 0.25) is 0 Å². The molecule has 1 heterocycles. The number of methoxy groups -OCH3 is 1. The standard InChI is InChI=1S/C18H25FN2O3/c1-23-10-11-24-17-8-7-14(12-15(17)19)20-18(22)21-9-3-5-13-4-2-6-16(13)21/h7-8,12-13,16H,2-6,9-11H2,1H3,(H,20,22)/t13-,16+/m1/s1. The zero-order valence-corrected chi connectivity index (χ0v) is 14.1. The number of carbonyl (C=O) groups excluding carboxylic acids is 1. The van der Waals surface area contributed by atoms with Crippen LogP contribution < -0.4 is 10.1 Å². The highest BCUT2D eigenvalue weighted by Crippen LogP contribution is 2.37. The maximum atomic E-state index is 14.1. The summed E-state index contributed by atoms with van der Waals surface area (Å²) in [5.74, 6) is 0.318. The van der Waals surface area contributed by atoms with Crippen LogP contribution in [-0.2, 0) is 4.74 Å². The topological polar surface area (TPSA) is 50.8 Å². The van der Waals surface area contributed by atoms with E-state index in [1.807, 2.05) is 4.90 Å². The zero-order chi connectivity index (χ0) is 16.9. The number of piperidine rings is 1. The van der Waals surface area contributed by atoms with Crippen molar-refractivity contribution in [2.45, 2.75) is 38.1 Å². The van der Waals surface area contributed by atoms with E-state index in [0.29, 0.717) is 24.3 Å². The second-order valence-electron chi connectivity index (χ2n) is 6.51. The molecule has 0 radical (unpaired) electrons. The summed E-state index contributed by atoms with van der Waals surface area (Å²) in [6, 6.07) is 4.73. The first-order valence-electron chi connectivity index (χ1n) is 8.68. The molecule has 3 rings (SSSR count). The van der Waals surface area contributed by atoms with Crippen molar-refractivity contribution in [3.63, 3.8) is 0 Å². The van der Waals surface area contributed by atoms with Crippen molar-refractivity contribution < 1.29 is 18.7 Å². The van der Waals surface area contributed by atoms with Crippen LogP contribution in [0.5, 0.6) is 5.75 Å². The number of benzene rings is 1. The molecular weight excluding hydrogens is 311 g/mol. The van der Waals surface area contributed by atoms with Crippen LogP contribution in [0.1, 0.15) is 32.1 Å². The summed E-state index contributed by atoms with van der Waals surface area (Å²) >= 11 is 0. The van der Waals surface area contributed by atoms with E-state index in [4.69, 9.17) is 9.47 Å². The van der Waals surface area contributed by atoms with Crippen LogP contribution in [0.15, 0.2) is 18.2 Å². The van der Waals surface area contributed by atoms with Gasteiger partial charge in [0.25, 0.3) is 0 Å². The molecule has 1 saturated carbocycles. The van der Waals surface area contributed by atoms with E-state index in [0.717, 1.165) is 19.4 Å². The lowest BCUT2D eigenvalue weighted by atomic mass is 9.92. The maximum Gasteiger partial charge on any atom is 0.322 e. The predicted molar refractivity (Wildman–Crippen MR) is 89.9 cm³/mol. The van der Waals surface area contributed by atoms with Crippen LogP contribution in [-0.4, -0.2) is 43.8 Å². The number of hydrogen-bond donors (Lipinski definition) is 1. The van der Waals surface area contributed by atoms with Gasteiger partial charge in [0.05, 0.1) is 6.61 Å². The third-order valence-corrected chi connectivity index (χ3v) is 4.98. The number of likely N-dealkylation sites (tertiary alicyclic amines) is 1. The summed E-state index contributed by atoms with van der Waals surface area (Å²) < 4.78 is 24.2. The number of halogens is 1. The van der Waals surface area contributed by atoms with Crippen molar-refractivity contribution in [3.8, 4) is 5.75 Å². The SMILES string of the molecule is COCCOc1ccc(NC(=O)N2CCC[C@H]3CCC[C@@H]32)cc1F. The Morgan fingerprint density at radius 1 is 1.29 bits per heavy atom. The second kappa shape index (κ2) is 7.83. The van der Waals surface area contributed by atoms with E-state index in [-0.39, 0.29) is 18.4 Å². The number of urea groups is 1. The molecule has 1 saturated heterocycles. The van der Waals surface area contributed by atoms with Crippen molar-refractivity contribution >= 4 is 11.7 Å². The molecular formula is C18H25FN2O3. The predicted octanol–water partition coefficient (Wildman–Crippen LogP) is 3.65. The van der Waals surface area contributed by atoms with Crippen molar-refractivity contribution in [2.24, 2.45) is 5.92 Å². The molecule has 2 amide bonds. The Morgan fingerprint density at radius 3 is 2.92 bits per heavy atom. The summed E-state index contributed by atoms with van der Waals surface area (Å²) in [7, 11) is 1.56. The fourth-order valence-electron chi connectivity index (χ4n) is 3.83. The third kappa shape index (κ3) is 3.80. The van der Waals surface area contributed by atoms with Gasteiger partial charge < -0.3 is 19.7 Å². The average molecular weight is 336 g/mol. The highest BCUT2D eigenvalue weighted by atomic mass is 19.1. The number of rotatable bonds is 5. The molecule has 1 aliphatic heterocycles. The van der Waals surface area contributed by atoms with Gasteiger partial charge in [0.15, 0.2) is 11.6 Å². The van der Waals surface area contributed by atoms with E-state index in [2.05, 4.69) is 5.32 Å². The second-order valence-corrected chi connectivity index (χ2v) is 6.51. The molecule has 5 nitrogen and oxygen atoms in total. The summed E-state index contributed by atoms with van der Waals surface area (Å²) in [4.78, 5) is 14.5. The molecule has 2 atom stereocenters. The van der Waals surface area contributed by atoms with Gasteiger partial charge in [-0.2, -0.15) is 0 Å². The Bertz CT molecular complexity index is 581. The fourth-order valence-corrected chi connectivity index (χ4v) is 3.83. The van der Waals surface area contributed by atoms with Gasteiger partial charge in [-0.05, 0) is 43.7 Å². The lowest BCUT2D eigenvalue weighted by Crippen LogP contribution is -2.48. The van der Waals surface area contributed by atoms with Gasteiger partial charge in [-0.3, -0.25) is 0 Å². The van der Waals surface area contributed by atoms with Crippen LogP contribution in [0.25, 0.3) is 0 Å². The van der Waals surface area contributed by atoms with Gasteiger partial charge in [-0.1, -0.05) is 6.42 Å². The Hall–Kier alpha value is -1.82. The molecule has 132 valence electrons. The van der Waals surface area contributed by atoms with Gasteiger partial charge >= 0.3 is 6.03 Å². The maximum absolute atomic E-state index is 14.1. The first-order chi connectivity index (χ1) is 11.7. The lowest BCUT2D eigenvalue weighted by Gasteiger charge is -2.37. The van der Waals surface area contributed by atoms with Crippen molar-refractivity contribution in [1.82, 2.24) is 4.90 Å². The number of fused-ring (bicyclic) bond motifs is 1. The molecule has 1 aromatic carbocycles. The van der Waals surface area contributed by atoms with E-state index in [9.17, 15) is 9.18 Å². The van der Waals surface area contributed by atoms with Gasteiger partial charge in [-0.15, -0.1) is 0 Å². The van der Waals surface area contributed by atoms with E-state index in [1.54, 1.807) is 13.2 Å². The molecule has 0 aromatic heterocycles. The number of anilines is 1. The highest BCUT2D eigenvalue weighted by Gasteiger charge is 2.37. The lowest BCUT2D eigenvalue weighted by molar-refractivity contribution is 0.138. The van der Waals surface area contributed by atoms with Crippen LogP contribution in [0.4, 0.5) is 14.9 Å². The zero-order valence-electron chi connectivity index (χ0n) is 14.1. The fraction of sp³-hybridized carbons (Fsp3) is 0.611. The number of amides is 2. The van der Waals surface area contributed by atoms with E-state index >= 15 is 0 Å². The molecule has 0 unspecified atom stereocenters. The monoisotopic (exact) mass is 336 g/mol. The molecule has 1 aromatic rings. The minimum Gasteiger partial charge on any atom is -0.488 e. The van der Waals surface area contributed by atoms with Gasteiger partial charge in [0, 0.05) is 31.5 Å². The first-order valence-corrected chi connectivity index (χ1v) is 8.68.